The van der Waals surface area contributed by atoms with Crippen LogP contribution < -0.4 is 9.80 Å². The molecular formula is C25H31N7O3. The Labute approximate surface area is 204 Å². The molecule has 10 heteroatoms. The Balaban J connectivity index is 1.27. The second-order valence-corrected chi connectivity index (χ2v) is 9.60. The number of carbonyl (C=O) groups excluding carboxylic acids is 1. The van der Waals surface area contributed by atoms with Crippen molar-refractivity contribution >= 4 is 29.0 Å². The molecule has 5 heterocycles. The molecule has 3 aromatic heterocycles. The maximum Gasteiger partial charge on any atom is 0.354 e. The zero-order valence-corrected chi connectivity index (χ0v) is 20.2. The average Bonchev–Trinajstić information content (AvgIpc) is 3.45. The van der Waals surface area contributed by atoms with Crippen LogP contribution in [0.1, 0.15) is 52.9 Å². The van der Waals surface area contributed by atoms with Gasteiger partial charge in [0, 0.05) is 39.3 Å². The van der Waals surface area contributed by atoms with Crippen molar-refractivity contribution in [3.05, 3.63) is 47.5 Å². The minimum absolute atomic E-state index is 0.0389. The Bertz CT molecular complexity index is 1250. The lowest BCUT2D eigenvalue weighted by atomic mass is 10.2. The molecule has 1 amide bonds. The first-order chi connectivity index (χ1) is 16.9. The van der Waals surface area contributed by atoms with E-state index in [2.05, 4.69) is 37.9 Å². The number of carbonyl (C=O) groups is 2. The van der Waals surface area contributed by atoms with Crippen LogP contribution in [-0.4, -0.2) is 80.7 Å². The van der Waals surface area contributed by atoms with Crippen LogP contribution in [0, 0.1) is 12.8 Å². The Hall–Kier alpha value is -3.69. The largest absolute Gasteiger partial charge is 0.477 e. The number of fused-ring (bicyclic) bond motifs is 1. The highest BCUT2D eigenvalue weighted by Gasteiger charge is 2.25. The number of aromatic nitrogens is 4. The third-order valence-corrected chi connectivity index (χ3v) is 6.86. The molecule has 0 aliphatic carbocycles. The standard InChI is InChI=1S/C25H31N7O3/c1-17-8-13-31(15-17)19-14-18(2)23-27-22(28-32(23)16-19)24(33)30-11-4-9-29(10-5-12-30)21-7-3-6-20(26-21)25(34)35/h3,6-7,14,16-17H,4-5,8-13,15H2,1-2H3,(H,34,35). The van der Waals surface area contributed by atoms with E-state index in [1.807, 2.05) is 24.1 Å². The maximum atomic E-state index is 13.3. The lowest BCUT2D eigenvalue weighted by molar-refractivity contribution is 0.0688. The summed E-state index contributed by atoms with van der Waals surface area (Å²) in [6.07, 6.45) is 4.65. The number of aromatic carboxylic acids is 1. The minimum Gasteiger partial charge on any atom is -0.477 e. The fourth-order valence-corrected chi connectivity index (χ4v) is 4.98. The van der Waals surface area contributed by atoms with Gasteiger partial charge in [0.2, 0.25) is 5.82 Å². The number of carboxylic acids is 1. The van der Waals surface area contributed by atoms with Gasteiger partial charge in [0.1, 0.15) is 5.82 Å². The molecule has 35 heavy (non-hydrogen) atoms. The van der Waals surface area contributed by atoms with Gasteiger partial charge in [-0.25, -0.2) is 19.3 Å². The van der Waals surface area contributed by atoms with Crippen molar-refractivity contribution in [1.82, 2.24) is 24.5 Å². The number of anilines is 2. The second-order valence-electron chi connectivity index (χ2n) is 9.60. The van der Waals surface area contributed by atoms with E-state index < -0.39 is 5.97 Å². The SMILES string of the molecule is Cc1cc(N2CCC(C)C2)cn2nc(C(=O)N3CCCN(c4cccc(C(=O)O)n4)CCC3)nc12. The van der Waals surface area contributed by atoms with Crippen molar-refractivity contribution in [2.45, 2.75) is 33.1 Å². The number of rotatable bonds is 4. The summed E-state index contributed by atoms with van der Waals surface area (Å²) in [4.78, 5) is 39.7. The number of nitrogens with zero attached hydrogens (tertiary/aromatic N) is 7. The molecule has 2 aliphatic heterocycles. The molecule has 184 valence electrons. The van der Waals surface area contributed by atoms with Crippen molar-refractivity contribution < 1.29 is 14.7 Å². The van der Waals surface area contributed by atoms with Crippen LogP contribution in [0.4, 0.5) is 11.5 Å². The van der Waals surface area contributed by atoms with Gasteiger partial charge in [-0.1, -0.05) is 13.0 Å². The minimum atomic E-state index is -1.03. The van der Waals surface area contributed by atoms with Crippen LogP contribution >= 0.6 is 0 Å². The van der Waals surface area contributed by atoms with Crippen molar-refractivity contribution in [3.8, 4) is 0 Å². The monoisotopic (exact) mass is 477 g/mol. The Morgan fingerprint density at radius 3 is 2.49 bits per heavy atom. The van der Waals surface area contributed by atoms with Gasteiger partial charge in [-0.3, -0.25) is 4.79 Å². The van der Waals surface area contributed by atoms with Gasteiger partial charge >= 0.3 is 5.97 Å². The van der Waals surface area contributed by atoms with Gasteiger partial charge in [-0.05, 0) is 55.9 Å². The van der Waals surface area contributed by atoms with Gasteiger partial charge in [-0.2, -0.15) is 0 Å². The highest BCUT2D eigenvalue weighted by Crippen LogP contribution is 2.25. The van der Waals surface area contributed by atoms with Crippen LogP contribution in [0.5, 0.6) is 0 Å². The van der Waals surface area contributed by atoms with E-state index in [1.165, 1.54) is 12.5 Å². The summed E-state index contributed by atoms with van der Waals surface area (Å²) >= 11 is 0. The summed E-state index contributed by atoms with van der Waals surface area (Å²) in [7, 11) is 0. The molecule has 1 unspecified atom stereocenters. The fraction of sp³-hybridized carbons (Fsp3) is 0.480. The van der Waals surface area contributed by atoms with Gasteiger partial charge in [0.25, 0.3) is 5.91 Å². The number of hydrogen-bond donors (Lipinski definition) is 1. The molecule has 2 saturated heterocycles. The predicted octanol–water partition coefficient (Wildman–Crippen LogP) is 2.72. The number of aryl methyl sites for hydroxylation is 1. The van der Waals surface area contributed by atoms with E-state index in [0.29, 0.717) is 43.6 Å². The van der Waals surface area contributed by atoms with Crippen LogP contribution in [0.2, 0.25) is 0 Å². The maximum absolute atomic E-state index is 13.3. The molecular weight excluding hydrogens is 446 g/mol. The summed E-state index contributed by atoms with van der Waals surface area (Å²) in [6, 6.07) is 7.17. The summed E-state index contributed by atoms with van der Waals surface area (Å²) in [5.41, 5.74) is 2.88. The molecule has 0 radical (unpaired) electrons. The Morgan fingerprint density at radius 1 is 1.03 bits per heavy atom. The van der Waals surface area contributed by atoms with Crippen molar-refractivity contribution in [3.63, 3.8) is 0 Å². The molecule has 0 bridgehead atoms. The quantitative estimate of drug-likeness (QED) is 0.611. The molecule has 5 rings (SSSR count). The van der Waals surface area contributed by atoms with Crippen molar-refractivity contribution in [1.29, 1.82) is 0 Å². The van der Waals surface area contributed by atoms with Gasteiger partial charge < -0.3 is 19.8 Å². The highest BCUT2D eigenvalue weighted by molar-refractivity contribution is 5.91. The lowest BCUT2D eigenvalue weighted by Gasteiger charge is -2.30. The molecule has 1 atom stereocenters. The highest BCUT2D eigenvalue weighted by atomic mass is 16.4. The Kier molecular flexibility index (Phi) is 6.27. The number of pyridine rings is 2. The summed E-state index contributed by atoms with van der Waals surface area (Å²) in [6.45, 7) is 8.90. The topological polar surface area (TPSA) is 107 Å². The second kappa shape index (κ2) is 9.52. The number of amides is 1. The molecule has 2 fully saturated rings. The van der Waals surface area contributed by atoms with Gasteiger partial charge in [0.05, 0.1) is 11.9 Å². The Morgan fingerprint density at radius 2 is 1.80 bits per heavy atom. The van der Waals surface area contributed by atoms with Crippen molar-refractivity contribution in [2.24, 2.45) is 5.92 Å². The van der Waals surface area contributed by atoms with E-state index in [4.69, 9.17) is 0 Å². The first-order valence-corrected chi connectivity index (χ1v) is 12.3. The van der Waals surface area contributed by atoms with E-state index in [9.17, 15) is 14.7 Å². The van der Waals surface area contributed by atoms with Gasteiger partial charge in [-0.15, -0.1) is 5.10 Å². The number of hydrogen-bond acceptors (Lipinski definition) is 7. The van der Waals surface area contributed by atoms with Gasteiger partial charge in [0.15, 0.2) is 11.3 Å². The zero-order valence-electron chi connectivity index (χ0n) is 20.2. The predicted molar refractivity (Wildman–Crippen MR) is 132 cm³/mol. The van der Waals surface area contributed by atoms with Crippen LogP contribution in [0.3, 0.4) is 0 Å². The third-order valence-electron chi connectivity index (χ3n) is 6.86. The van der Waals surface area contributed by atoms with Crippen LogP contribution in [0.25, 0.3) is 5.65 Å². The average molecular weight is 478 g/mol. The first-order valence-electron chi connectivity index (χ1n) is 12.3. The van der Waals surface area contributed by atoms with E-state index >= 15 is 0 Å². The third kappa shape index (κ3) is 4.78. The van der Waals surface area contributed by atoms with E-state index in [0.717, 1.165) is 37.2 Å². The van der Waals surface area contributed by atoms with Crippen molar-refractivity contribution in [2.75, 3.05) is 49.1 Å². The molecule has 0 saturated carbocycles. The van der Waals surface area contributed by atoms with E-state index in [-0.39, 0.29) is 17.4 Å². The smallest absolute Gasteiger partial charge is 0.354 e. The van der Waals surface area contributed by atoms with Crippen LogP contribution in [0.15, 0.2) is 30.5 Å². The fourth-order valence-electron chi connectivity index (χ4n) is 4.98. The molecule has 10 nitrogen and oxygen atoms in total. The normalized spacial score (nSPS) is 19.1. The summed E-state index contributed by atoms with van der Waals surface area (Å²) < 4.78 is 1.74. The lowest BCUT2D eigenvalue weighted by Crippen LogP contribution is -2.40. The van der Waals surface area contributed by atoms with Crippen LogP contribution in [-0.2, 0) is 0 Å². The first kappa shape index (κ1) is 23.1. The molecule has 3 aromatic rings. The molecule has 0 spiro atoms. The summed E-state index contributed by atoms with van der Waals surface area (Å²) in [5.74, 6) is 0.384. The molecule has 2 aliphatic rings. The number of carboxylic acid groups (broad SMARTS) is 1. The summed E-state index contributed by atoms with van der Waals surface area (Å²) in [5, 5.41) is 13.8. The molecule has 1 N–H and O–H groups in total. The van der Waals surface area contributed by atoms with E-state index in [1.54, 1.807) is 10.6 Å². The molecule has 0 aromatic carbocycles. The zero-order chi connectivity index (χ0) is 24.5.